The van der Waals surface area contributed by atoms with Crippen molar-refractivity contribution in [3.8, 4) is 0 Å². The number of hydrogen-bond acceptors (Lipinski definition) is 6. The fourth-order valence-corrected chi connectivity index (χ4v) is 5.67. The topological polar surface area (TPSA) is 83.2 Å². The minimum Gasteiger partial charge on any atom is -0.467 e. The molecule has 8 nitrogen and oxygen atoms in total. The van der Waals surface area contributed by atoms with Crippen LogP contribution < -0.4 is 4.90 Å². The number of carbonyl (C=O) groups excluding carboxylic acids is 1. The molecule has 3 aromatic heterocycles. The highest BCUT2D eigenvalue weighted by atomic mass is 32.2. The van der Waals surface area contributed by atoms with Crippen LogP contribution in [0.15, 0.2) is 52.2 Å². The van der Waals surface area contributed by atoms with Gasteiger partial charge >= 0.3 is 0 Å². The van der Waals surface area contributed by atoms with E-state index in [1.807, 2.05) is 23.1 Å². The summed E-state index contributed by atoms with van der Waals surface area (Å²) in [5.74, 6) is 2.19. The van der Waals surface area contributed by atoms with Crippen LogP contribution in [0.2, 0.25) is 0 Å². The van der Waals surface area contributed by atoms with E-state index in [9.17, 15) is 4.79 Å². The third-order valence-corrected chi connectivity index (χ3v) is 7.49. The molecular weight excluding hydrogens is 436 g/mol. The number of amides is 1. The van der Waals surface area contributed by atoms with Crippen molar-refractivity contribution in [1.29, 1.82) is 0 Å². The Morgan fingerprint density at radius 3 is 2.82 bits per heavy atom. The molecule has 1 N–H and O–H groups in total. The monoisotopic (exact) mass is 462 g/mol. The standard InChI is InChI=1S/C24H26N6O2S/c31-22(29-12-9-21-19(15-29)18-7-1-2-8-20(18)25-21)16-33-24-27-26-23(28-10-3-4-11-28)30(24)14-17-6-5-13-32-17/h1-2,5-8,13,25H,3-4,9-12,14-16H2. The molecule has 0 spiro atoms. The number of thioether (sulfide) groups is 1. The first kappa shape index (κ1) is 20.4. The van der Waals surface area contributed by atoms with Gasteiger partial charge in [0.2, 0.25) is 11.9 Å². The lowest BCUT2D eigenvalue weighted by Gasteiger charge is -2.27. The van der Waals surface area contributed by atoms with Gasteiger partial charge in [-0.05, 0) is 31.0 Å². The molecule has 5 heterocycles. The van der Waals surface area contributed by atoms with E-state index in [4.69, 9.17) is 4.42 Å². The average Bonchev–Trinajstić information content (AvgIpc) is 3.64. The van der Waals surface area contributed by atoms with Crippen LogP contribution in [0.25, 0.3) is 10.9 Å². The molecule has 0 saturated carbocycles. The second kappa shape index (κ2) is 8.62. The molecule has 0 atom stereocenters. The zero-order valence-corrected chi connectivity index (χ0v) is 19.2. The van der Waals surface area contributed by atoms with Crippen LogP contribution in [0.4, 0.5) is 5.95 Å². The molecule has 33 heavy (non-hydrogen) atoms. The number of hydrogen-bond donors (Lipinski definition) is 1. The van der Waals surface area contributed by atoms with Crippen LogP contribution >= 0.6 is 11.8 Å². The molecule has 1 saturated heterocycles. The molecular formula is C24H26N6O2S. The third kappa shape index (κ3) is 3.90. The molecule has 0 bridgehead atoms. The van der Waals surface area contributed by atoms with E-state index < -0.39 is 0 Å². The Bertz CT molecular complexity index is 1270. The summed E-state index contributed by atoms with van der Waals surface area (Å²) in [5, 5.41) is 10.9. The normalized spacial score (nSPS) is 16.0. The lowest BCUT2D eigenvalue weighted by molar-refractivity contribution is -0.129. The van der Waals surface area contributed by atoms with Crippen molar-refractivity contribution in [2.45, 2.75) is 37.5 Å². The predicted octanol–water partition coefficient (Wildman–Crippen LogP) is 3.68. The van der Waals surface area contributed by atoms with Crippen LogP contribution in [-0.4, -0.2) is 55.9 Å². The zero-order valence-electron chi connectivity index (χ0n) is 18.4. The Kier molecular flexibility index (Phi) is 5.33. The summed E-state index contributed by atoms with van der Waals surface area (Å²) in [6.07, 6.45) is 4.87. The van der Waals surface area contributed by atoms with Gasteiger partial charge in [0.15, 0.2) is 5.16 Å². The molecule has 0 unspecified atom stereocenters. The second-order valence-electron chi connectivity index (χ2n) is 8.62. The molecule has 170 valence electrons. The Morgan fingerprint density at radius 1 is 1.09 bits per heavy atom. The van der Waals surface area contributed by atoms with Gasteiger partial charge in [-0.1, -0.05) is 30.0 Å². The van der Waals surface area contributed by atoms with Crippen molar-refractivity contribution in [3.05, 3.63) is 59.7 Å². The van der Waals surface area contributed by atoms with Crippen molar-refractivity contribution < 1.29 is 9.21 Å². The van der Waals surface area contributed by atoms with E-state index in [-0.39, 0.29) is 5.91 Å². The van der Waals surface area contributed by atoms with Crippen LogP contribution in [0.3, 0.4) is 0 Å². The van der Waals surface area contributed by atoms with Crippen molar-refractivity contribution in [3.63, 3.8) is 0 Å². The fraction of sp³-hybridized carbons (Fsp3) is 0.375. The number of carbonyl (C=O) groups is 1. The summed E-state index contributed by atoms with van der Waals surface area (Å²) in [5.41, 5.74) is 3.64. The Morgan fingerprint density at radius 2 is 1.97 bits per heavy atom. The molecule has 1 fully saturated rings. The molecule has 1 amide bonds. The van der Waals surface area contributed by atoms with Crippen molar-refractivity contribution in [1.82, 2.24) is 24.6 Å². The van der Waals surface area contributed by atoms with Gasteiger partial charge in [-0.25, -0.2) is 0 Å². The summed E-state index contributed by atoms with van der Waals surface area (Å²) < 4.78 is 7.66. The Labute approximate surface area is 195 Å². The summed E-state index contributed by atoms with van der Waals surface area (Å²) in [6, 6.07) is 12.2. The number of furan rings is 1. The fourth-order valence-electron chi connectivity index (χ4n) is 4.83. The molecule has 6 rings (SSSR count). The first-order chi connectivity index (χ1) is 16.3. The number of rotatable bonds is 6. The molecule has 2 aliphatic rings. The summed E-state index contributed by atoms with van der Waals surface area (Å²) in [7, 11) is 0. The van der Waals surface area contributed by atoms with Crippen molar-refractivity contribution in [2.24, 2.45) is 0 Å². The highest BCUT2D eigenvalue weighted by Gasteiger charge is 2.26. The Hall–Kier alpha value is -3.20. The van der Waals surface area contributed by atoms with E-state index in [2.05, 4.69) is 42.8 Å². The van der Waals surface area contributed by atoms with Crippen LogP contribution in [0, 0.1) is 0 Å². The maximum atomic E-state index is 13.1. The molecule has 9 heteroatoms. The first-order valence-corrected chi connectivity index (χ1v) is 12.4. The smallest absolute Gasteiger partial charge is 0.233 e. The van der Waals surface area contributed by atoms with E-state index in [1.54, 1.807) is 6.26 Å². The predicted molar refractivity (Wildman–Crippen MR) is 127 cm³/mol. The highest BCUT2D eigenvalue weighted by Crippen LogP contribution is 2.29. The quantitative estimate of drug-likeness (QED) is 0.440. The minimum absolute atomic E-state index is 0.131. The largest absolute Gasteiger partial charge is 0.467 e. The SMILES string of the molecule is O=C(CSc1nnc(N2CCCC2)n1Cc1ccco1)N1CCc2[nH]c3ccccc3c2C1. The minimum atomic E-state index is 0.131. The van der Waals surface area contributed by atoms with Gasteiger partial charge in [-0.3, -0.25) is 9.36 Å². The Balaban J connectivity index is 1.18. The molecule has 1 aromatic carbocycles. The van der Waals surface area contributed by atoms with Gasteiger partial charge in [0, 0.05) is 54.8 Å². The van der Waals surface area contributed by atoms with Crippen LogP contribution in [0.1, 0.15) is 29.9 Å². The van der Waals surface area contributed by atoms with Gasteiger partial charge < -0.3 is 19.2 Å². The van der Waals surface area contributed by atoms with E-state index in [1.165, 1.54) is 41.2 Å². The zero-order chi connectivity index (χ0) is 22.2. The summed E-state index contributed by atoms with van der Waals surface area (Å²) in [6.45, 7) is 3.92. The van der Waals surface area contributed by atoms with Gasteiger partial charge in [-0.15, -0.1) is 10.2 Å². The number of H-pyrrole nitrogens is 1. The molecule has 2 aliphatic heterocycles. The number of nitrogens with zero attached hydrogens (tertiary/aromatic N) is 5. The highest BCUT2D eigenvalue weighted by molar-refractivity contribution is 7.99. The lowest BCUT2D eigenvalue weighted by atomic mass is 10.0. The number of para-hydroxylation sites is 1. The van der Waals surface area contributed by atoms with Gasteiger partial charge in [0.25, 0.3) is 0 Å². The van der Waals surface area contributed by atoms with Crippen LogP contribution in [0.5, 0.6) is 0 Å². The summed E-state index contributed by atoms with van der Waals surface area (Å²) >= 11 is 1.46. The average molecular weight is 463 g/mol. The summed E-state index contributed by atoms with van der Waals surface area (Å²) in [4.78, 5) is 20.9. The number of aromatic amines is 1. The van der Waals surface area contributed by atoms with Gasteiger partial charge in [-0.2, -0.15) is 0 Å². The number of aromatic nitrogens is 4. The van der Waals surface area contributed by atoms with Gasteiger partial charge in [0.1, 0.15) is 5.76 Å². The van der Waals surface area contributed by atoms with Crippen LogP contribution in [-0.2, 0) is 24.3 Å². The van der Waals surface area contributed by atoms with Crippen molar-refractivity contribution >= 4 is 34.5 Å². The number of benzene rings is 1. The van der Waals surface area contributed by atoms with E-state index in [0.29, 0.717) is 18.8 Å². The number of anilines is 1. The van der Waals surface area contributed by atoms with E-state index in [0.717, 1.165) is 48.4 Å². The number of nitrogens with one attached hydrogen (secondary N) is 1. The van der Waals surface area contributed by atoms with Gasteiger partial charge in [0.05, 0.1) is 18.6 Å². The maximum Gasteiger partial charge on any atom is 0.233 e. The van der Waals surface area contributed by atoms with Crippen molar-refractivity contribution in [2.75, 3.05) is 30.3 Å². The molecule has 0 radical (unpaired) electrons. The lowest BCUT2D eigenvalue weighted by Crippen LogP contribution is -2.37. The molecule has 4 aromatic rings. The third-order valence-electron chi connectivity index (χ3n) is 6.54. The first-order valence-electron chi connectivity index (χ1n) is 11.5. The second-order valence-corrected chi connectivity index (χ2v) is 9.57. The van der Waals surface area contributed by atoms with E-state index >= 15 is 0 Å². The number of fused-ring (bicyclic) bond motifs is 3. The molecule has 0 aliphatic carbocycles. The maximum absolute atomic E-state index is 13.1.